The van der Waals surface area contributed by atoms with Crippen molar-refractivity contribution >= 4 is 44.8 Å². The number of hydrogen-bond acceptors (Lipinski definition) is 4. The molecule has 12 heteroatoms. The summed E-state index contributed by atoms with van der Waals surface area (Å²) in [6, 6.07) is 1.94. The third-order valence-electron chi connectivity index (χ3n) is 3.05. The first-order valence-corrected chi connectivity index (χ1v) is 8.34. The van der Waals surface area contributed by atoms with E-state index in [0.717, 1.165) is 16.4 Å². The molecule has 2 N–H and O–H groups in total. The lowest BCUT2D eigenvalue weighted by atomic mass is 10.1. The summed E-state index contributed by atoms with van der Waals surface area (Å²) in [5, 5.41) is 10.1. The number of anilines is 1. The number of nitrogens with one attached hydrogen (secondary N) is 1. The molecule has 24 heavy (non-hydrogen) atoms. The fraction of sp³-hybridized carbons (Fsp3) is 0.417. The molecule has 0 spiro atoms. The van der Waals surface area contributed by atoms with Gasteiger partial charge >= 0.3 is 6.18 Å². The molecule has 1 amide bonds. The second kappa shape index (κ2) is 6.68. The van der Waals surface area contributed by atoms with Crippen molar-refractivity contribution in [1.82, 2.24) is 4.31 Å². The monoisotopic (exact) mass is 408 g/mol. The Balaban J connectivity index is 3.28. The molecule has 1 aromatic carbocycles. The van der Waals surface area contributed by atoms with Crippen LogP contribution in [-0.2, 0) is 14.8 Å². The zero-order valence-electron chi connectivity index (χ0n) is 12.6. The zero-order chi connectivity index (χ0) is 19.1. The highest BCUT2D eigenvalue weighted by Crippen LogP contribution is 2.37. The van der Waals surface area contributed by atoms with Crippen LogP contribution in [0.15, 0.2) is 17.0 Å². The number of rotatable bonds is 4. The van der Waals surface area contributed by atoms with Crippen molar-refractivity contribution in [3.05, 3.63) is 22.2 Å². The van der Waals surface area contributed by atoms with E-state index in [2.05, 4.69) is 0 Å². The fourth-order valence-electron chi connectivity index (χ4n) is 1.40. The van der Waals surface area contributed by atoms with Crippen LogP contribution in [-0.4, -0.2) is 49.6 Å². The Bertz CT molecular complexity index is 764. The molecule has 0 radical (unpaired) electrons. The number of carbonyl (C=O) groups excluding carboxylic acids is 1. The van der Waals surface area contributed by atoms with E-state index in [-0.39, 0.29) is 17.5 Å². The minimum atomic E-state index is -5.22. The van der Waals surface area contributed by atoms with E-state index < -0.39 is 37.8 Å². The lowest BCUT2D eigenvalue weighted by Crippen LogP contribution is -2.52. The number of nitrogens with zero attached hydrogens (tertiary/aromatic N) is 1. The van der Waals surface area contributed by atoms with Gasteiger partial charge in [-0.1, -0.05) is 23.2 Å². The summed E-state index contributed by atoms with van der Waals surface area (Å²) in [6.45, 7) is 0.267. The Morgan fingerprint density at radius 1 is 1.21 bits per heavy atom. The van der Waals surface area contributed by atoms with E-state index in [1.807, 2.05) is 0 Å². The molecule has 0 heterocycles. The summed E-state index contributed by atoms with van der Waals surface area (Å²) in [6.07, 6.45) is -5.22. The third-order valence-corrected chi connectivity index (χ3v) is 5.90. The van der Waals surface area contributed by atoms with E-state index in [4.69, 9.17) is 23.2 Å². The van der Waals surface area contributed by atoms with Crippen LogP contribution in [0.25, 0.3) is 0 Å². The maximum atomic E-state index is 12.6. The van der Waals surface area contributed by atoms with E-state index in [9.17, 15) is 31.5 Å². The maximum Gasteiger partial charge on any atom is 0.426 e. The van der Waals surface area contributed by atoms with Crippen LogP contribution in [0, 0.1) is 0 Å². The number of hydrogen-bond donors (Lipinski definition) is 2. The zero-order valence-corrected chi connectivity index (χ0v) is 14.9. The van der Waals surface area contributed by atoms with Crippen LogP contribution >= 0.6 is 23.2 Å². The molecule has 0 bridgehead atoms. The molecule has 6 nitrogen and oxygen atoms in total. The van der Waals surface area contributed by atoms with Gasteiger partial charge in [-0.3, -0.25) is 4.79 Å². The first-order valence-electron chi connectivity index (χ1n) is 6.15. The fourth-order valence-corrected chi connectivity index (χ4v) is 3.08. The first-order chi connectivity index (χ1) is 10.6. The Hall–Kier alpha value is -1.07. The van der Waals surface area contributed by atoms with Gasteiger partial charge in [0, 0.05) is 14.1 Å². The lowest BCUT2D eigenvalue weighted by Gasteiger charge is -2.25. The molecule has 0 saturated heterocycles. The Kier molecular flexibility index (Phi) is 5.84. The number of benzene rings is 1. The predicted octanol–water partition coefficient (Wildman–Crippen LogP) is 2.50. The number of aliphatic hydroxyl groups is 1. The maximum absolute atomic E-state index is 12.6. The highest BCUT2D eigenvalue weighted by atomic mass is 35.5. The quantitative estimate of drug-likeness (QED) is 0.800. The van der Waals surface area contributed by atoms with Crippen molar-refractivity contribution in [3.63, 3.8) is 0 Å². The molecule has 0 aliphatic carbocycles. The molecule has 1 aromatic rings. The molecule has 0 saturated carbocycles. The standard InChI is InChI=1S/C12H13Cl2F3N2O4S/c1-11(21,12(15,16)17)10(20)18-6-4-5-7(9(14)8(6)13)24(22,23)19(2)3/h4-5,21H,1-3H3,(H,18,20). The molecule has 1 rings (SSSR count). The van der Waals surface area contributed by atoms with Gasteiger partial charge in [-0.15, -0.1) is 0 Å². The average Bonchev–Trinajstić information content (AvgIpc) is 2.42. The van der Waals surface area contributed by atoms with E-state index in [0.29, 0.717) is 0 Å². The molecular formula is C12H13Cl2F3N2O4S. The van der Waals surface area contributed by atoms with Crippen LogP contribution in [0.1, 0.15) is 6.92 Å². The van der Waals surface area contributed by atoms with Gasteiger partial charge in [-0.05, 0) is 19.1 Å². The minimum Gasteiger partial charge on any atom is -0.373 e. The molecule has 0 aliphatic rings. The summed E-state index contributed by atoms with van der Waals surface area (Å²) in [7, 11) is -1.46. The third kappa shape index (κ3) is 3.77. The van der Waals surface area contributed by atoms with E-state index in [1.54, 1.807) is 5.32 Å². The summed E-state index contributed by atoms with van der Waals surface area (Å²) in [5.74, 6) is -1.80. The molecule has 0 fully saturated rings. The minimum absolute atomic E-state index is 0.267. The van der Waals surface area contributed by atoms with Gasteiger partial charge < -0.3 is 10.4 Å². The smallest absolute Gasteiger partial charge is 0.373 e. The molecule has 1 unspecified atom stereocenters. The topological polar surface area (TPSA) is 86.7 Å². The average molecular weight is 409 g/mol. The highest BCUT2D eigenvalue weighted by Gasteiger charge is 2.55. The van der Waals surface area contributed by atoms with Crippen LogP contribution in [0.4, 0.5) is 18.9 Å². The van der Waals surface area contributed by atoms with Crippen LogP contribution in [0.5, 0.6) is 0 Å². The predicted molar refractivity (Wildman–Crippen MR) is 82.6 cm³/mol. The van der Waals surface area contributed by atoms with Gasteiger partial charge in [-0.2, -0.15) is 13.2 Å². The van der Waals surface area contributed by atoms with Crippen molar-refractivity contribution in [2.45, 2.75) is 23.6 Å². The van der Waals surface area contributed by atoms with Gasteiger partial charge in [0.2, 0.25) is 15.6 Å². The first kappa shape index (κ1) is 21.0. The Morgan fingerprint density at radius 2 is 1.71 bits per heavy atom. The number of sulfonamides is 1. The molecular weight excluding hydrogens is 396 g/mol. The van der Waals surface area contributed by atoms with Gasteiger partial charge in [0.1, 0.15) is 4.90 Å². The van der Waals surface area contributed by atoms with E-state index >= 15 is 0 Å². The SMILES string of the molecule is CN(C)S(=O)(=O)c1ccc(NC(=O)C(C)(O)C(F)(F)F)c(Cl)c1Cl. The van der Waals surface area contributed by atoms with Gasteiger partial charge in [0.15, 0.2) is 0 Å². The second-order valence-electron chi connectivity index (χ2n) is 5.05. The Morgan fingerprint density at radius 3 is 2.12 bits per heavy atom. The summed E-state index contributed by atoms with van der Waals surface area (Å²) in [4.78, 5) is 11.2. The highest BCUT2D eigenvalue weighted by molar-refractivity contribution is 7.89. The van der Waals surface area contributed by atoms with Crippen LogP contribution in [0.2, 0.25) is 10.0 Å². The summed E-state index contributed by atoms with van der Waals surface area (Å²) in [5.41, 5.74) is -4.05. The van der Waals surface area contributed by atoms with Crippen LogP contribution < -0.4 is 5.32 Å². The molecule has 0 aliphatic heterocycles. The van der Waals surface area contributed by atoms with Crippen LogP contribution in [0.3, 0.4) is 0 Å². The second-order valence-corrected chi connectivity index (χ2v) is 7.93. The van der Waals surface area contributed by atoms with Crippen molar-refractivity contribution in [3.8, 4) is 0 Å². The van der Waals surface area contributed by atoms with Gasteiger partial charge in [0.25, 0.3) is 5.91 Å². The lowest BCUT2D eigenvalue weighted by molar-refractivity contribution is -0.242. The molecule has 0 aromatic heterocycles. The number of carbonyl (C=O) groups is 1. The van der Waals surface area contributed by atoms with Crippen molar-refractivity contribution < 1.29 is 31.5 Å². The van der Waals surface area contributed by atoms with Crippen molar-refractivity contribution in [1.29, 1.82) is 0 Å². The molecule has 136 valence electrons. The molecule has 1 atom stereocenters. The summed E-state index contributed by atoms with van der Waals surface area (Å²) >= 11 is 11.7. The number of alkyl halides is 3. The summed E-state index contributed by atoms with van der Waals surface area (Å²) < 4.78 is 62.8. The largest absolute Gasteiger partial charge is 0.426 e. The Labute approximate surface area is 146 Å². The number of halogens is 5. The number of amides is 1. The van der Waals surface area contributed by atoms with Gasteiger partial charge in [0.05, 0.1) is 15.7 Å². The van der Waals surface area contributed by atoms with Gasteiger partial charge in [-0.25, -0.2) is 12.7 Å². The van der Waals surface area contributed by atoms with Crippen molar-refractivity contribution in [2.24, 2.45) is 0 Å². The normalized spacial score (nSPS) is 15.2. The van der Waals surface area contributed by atoms with E-state index in [1.165, 1.54) is 14.1 Å². The van der Waals surface area contributed by atoms with Crippen molar-refractivity contribution in [2.75, 3.05) is 19.4 Å².